The van der Waals surface area contributed by atoms with E-state index >= 15 is 0 Å². The predicted molar refractivity (Wildman–Crippen MR) is 99.9 cm³/mol. The van der Waals surface area contributed by atoms with Crippen LogP contribution in [0.3, 0.4) is 0 Å². The average Bonchev–Trinajstić information content (AvgIpc) is 2.67. The Morgan fingerprint density at radius 3 is 2.24 bits per heavy atom. The maximum atomic E-state index is 5.54. The highest BCUT2D eigenvalue weighted by atomic mass is 16.5. The fourth-order valence-corrected chi connectivity index (χ4v) is 3.68. The summed E-state index contributed by atoms with van der Waals surface area (Å²) in [6.45, 7) is 4.33. The highest BCUT2D eigenvalue weighted by molar-refractivity contribution is 5.50. The molecule has 0 aromatic heterocycles. The number of hydrogen-bond donors (Lipinski definition) is 0. The molecule has 4 nitrogen and oxygen atoms in total. The SMILES string of the molecule is CCN1CCc2cc(OC)c(OC)cc2[C@H]1Cc1ccc(OC)cc1. The molecule has 0 saturated carbocycles. The zero-order chi connectivity index (χ0) is 17.8. The van der Waals surface area contributed by atoms with Crippen molar-refractivity contribution in [2.75, 3.05) is 34.4 Å². The molecule has 1 aliphatic rings. The van der Waals surface area contributed by atoms with Gasteiger partial charge in [-0.05, 0) is 60.3 Å². The quantitative estimate of drug-likeness (QED) is 0.798. The van der Waals surface area contributed by atoms with Crippen molar-refractivity contribution >= 4 is 0 Å². The van der Waals surface area contributed by atoms with Crippen molar-refractivity contribution in [2.45, 2.75) is 25.8 Å². The van der Waals surface area contributed by atoms with Crippen LogP contribution in [0, 0.1) is 0 Å². The van der Waals surface area contributed by atoms with E-state index in [2.05, 4.69) is 36.1 Å². The maximum absolute atomic E-state index is 5.54. The molecule has 0 amide bonds. The van der Waals surface area contributed by atoms with E-state index in [1.165, 1.54) is 16.7 Å². The molecule has 0 spiro atoms. The Labute approximate surface area is 150 Å². The Morgan fingerprint density at radius 1 is 0.960 bits per heavy atom. The third kappa shape index (κ3) is 3.59. The monoisotopic (exact) mass is 341 g/mol. The number of methoxy groups -OCH3 is 3. The standard InChI is InChI=1S/C21H27NO3/c1-5-22-11-10-16-13-20(24-3)21(25-4)14-18(16)19(22)12-15-6-8-17(23-2)9-7-15/h6-9,13-14,19H,5,10-12H2,1-4H3/t19-/m1/s1. The number of fused-ring (bicyclic) bond motifs is 1. The Morgan fingerprint density at radius 2 is 1.64 bits per heavy atom. The van der Waals surface area contributed by atoms with Crippen LogP contribution in [0.5, 0.6) is 17.2 Å². The van der Waals surface area contributed by atoms with Crippen molar-refractivity contribution in [3.63, 3.8) is 0 Å². The zero-order valence-electron chi connectivity index (χ0n) is 15.5. The van der Waals surface area contributed by atoms with Gasteiger partial charge < -0.3 is 14.2 Å². The van der Waals surface area contributed by atoms with Gasteiger partial charge in [0.1, 0.15) is 5.75 Å². The molecule has 1 atom stereocenters. The van der Waals surface area contributed by atoms with Gasteiger partial charge in [-0.2, -0.15) is 0 Å². The van der Waals surface area contributed by atoms with Gasteiger partial charge in [0.15, 0.2) is 11.5 Å². The van der Waals surface area contributed by atoms with Crippen LogP contribution in [-0.2, 0) is 12.8 Å². The van der Waals surface area contributed by atoms with Crippen molar-refractivity contribution in [1.29, 1.82) is 0 Å². The van der Waals surface area contributed by atoms with Gasteiger partial charge in [-0.15, -0.1) is 0 Å². The van der Waals surface area contributed by atoms with Gasteiger partial charge in [0.05, 0.1) is 21.3 Å². The average molecular weight is 341 g/mol. The second-order valence-corrected chi connectivity index (χ2v) is 6.35. The Hall–Kier alpha value is -2.20. The van der Waals surface area contributed by atoms with E-state index in [-0.39, 0.29) is 0 Å². The second-order valence-electron chi connectivity index (χ2n) is 6.35. The van der Waals surface area contributed by atoms with E-state index in [0.717, 1.165) is 43.2 Å². The van der Waals surface area contributed by atoms with Crippen LogP contribution in [0.1, 0.15) is 29.7 Å². The van der Waals surface area contributed by atoms with Crippen molar-refractivity contribution in [2.24, 2.45) is 0 Å². The van der Waals surface area contributed by atoms with Crippen LogP contribution >= 0.6 is 0 Å². The van der Waals surface area contributed by atoms with Crippen LogP contribution < -0.4 is 14.2 Å². The first-order valence-electron chi connectivity index (χ1n) is 8.81. The molecule has 1 aliphatic heterocycles. The molecule has 3 rings (SSSR count). The summed E-state index contributed by atoms with van der Waals surface area (Å²) in [5.74, 6) is 2.51. The summed E-state index contributed by atoms with van der Waals surface area (Å²) in [4.78, 5) is 2.54. The number of hydrogen-bond acceptors (Lipinski definition) is 4. The molecular weight excluding hydrogens is 314 g/mol. The van der Waals surface area contributed by atoms with Crippen LogP contribution in [0.4, 0.5) is 0 Å². The number of nitrogens with zero attached hydrogens (tertiary/aromatic N) is 1. The molecule has 0 radical (unpaired) electrons. The number of benzene rings is 2. The summed E-state index contributed by atoms with van der Waals surface area (Å²) in [5.41, 5.74) is 4.02. The fraction of sp³-hybridized carbons (Fsp3) is 0.429. The summed E-state index contributed by atoms with van der Waals surface area (Å²) in [6, 6.07) is 13.0. The van der Waals surface area contributed by atoms with Crippen LogP contribution in [-0.4, -0.2) is 39.3 Å². The van der Waals surface area contributed by atoms with Gasteiger partial charge in [-0.1, -0.05) is 19.1 Å². The lowest BCUT2D eigenvalue weighted by atomic mass is 9.88. The molecule has 2 aromatic rings. The molecular formula is C21H27NO3. The largest absolute Gasteiger partial charge is 0.497 e. The van der Waals surface area contributed by atoms with E-state index < -0.39 is 0 Å². The summed E-state index contributed by atoms with van der Waals surface area (Å²) >= 11 is 0. The normalized spacial score (nSPS) is 17.0. The van der Waals surface area contributed by atoms with E-state index in [4.69, 9.17) is 14.2 Å². The molecule has 25 heavy (non-hydrogen) atoms. The minimum absolute atomic E-state index is 0.349. The molecule has 2 aromatic carbocycles. The highest BCUT2D eigenvalue weighted by Gasteiger charge is 2.28. The van der Waals surface area contributed by atoms with Crippen LogP contribution in [0.15, 0.2) is 36.4 Å². The molecule has 1 heterocycles. The van der Waals surface area contributed by atoms with Crippen molar-refractivity contribution in [3.05, 3.63) is 53.1 Å². The first kappa shape index (κ1) is 17.6. The minimum atomic E-state index is 0.349. The topological polar surface area (TPSA) is 30.9 Å². The second kappa shape index (κ2) is 7.79. The summed E-state index contributed by atoms with van der Waals surface area (Å²) in [6.07, 6.45) is 2.02. The zero-order valence-corrected chi connectivity index (χ0v) is 15.5. The summed E-state index contributed by atoms with van der Waals surface area (Å²) < 4.78 is 16.3. The summed E-state index contributed by atoms with van der Waals surface area (Å²) in [5, 5.41) is 0. The van der Waals surface area contributed by atoms with Gasteiger partial charge >= 0.3 is 0 Å². The fourth-order valence-electron chi connectivity index (χ4n) is 3.68. The predicted octanol–water partition coefficient (Wildman–Crippen LogP) is 3.87. The van der Waals surface area contributed by atoms with E-state index in [0.29, 0.717) is 6.04 Å². The van der Waals surface area contributed by atoms with Crippen molar-refractivity contribution in [1.82, 2.24) is 4.90 Å². The van der Waals surface area contributed by atoms with E-state index in [1.807, 2.05) is 12.1 Å². The van der Waals surface area contributed by atoms with Crippen LogP contribution in [0.25, 0.3) is 0 Å². The molecule has 0 fully saturated rings. The Kier molecular flexibility index (Phi) is 5.49. The first-order valence-corrected chi connectivity index (χ1v) is 8.81. The number of ether oxygens (including phenoxy) is 3. The Balaban J connectivity index is 1.96. The van der Waals surface area contributed by atoms with E-state index in [9.17, 15) is 0 Å². The van der Waals surface area contributed by atoms with Crippen molar-refractivity contribution in [3.8, 4) is 17.2 Å². The van der Waals surface area contributed by atoms with E-state index in [1.54, 1.807) is 21.3 Å². The Bertz CT molecular complexity index is 712. The maximum Gasteiger partial charge on any atom is 0.161 e. The van der Waals surface area contributed by atoms with Gasteiger partial charge in [-0.25, -0.2) is 0 Å². The number of likely N-dealkylation sites (N-methyl/N-ethyl adjacent to an activating group) is 1. The lowest BCUT2D eigenvalue weighted by molar-refractivity contribution is 0.193. The molecule has 134 valence electrons. The third-order valence-corrected chi connectivity index (χ3v) is 5.11. The van der Waals surface area contributed by atoms with Gasteiger partial charge in [0.2, 0.25) is 0 Å². The smallest absolute Gasteiger partial charge is 0.161 e. The first-order chi connectivity index (χ1) is 12.2. The van der Waals surface area contributed by atoms with Gasteiger partial charge in [-0.3, -0.25) is 4.90 Å². The highest BCUT2D eigenvalue weighted by Crippen LogP contribution is 2.39. The molecule has 0 bridgehead atoms. The minimum Gasteiger partial charge on any atom is -0.497 e. The van der Waals surface area contributed by atoms with Gasteiger partial charge in [0, 0.05) is 12.6 Å². The summed E-state index contributed by atoms with van der Waals surface area (Å²) in [7, 11) is 5.09. The third-order valence-electron chi connectivity index (χ3n) is 5.11. The lowest BCUT2D eigenvalue weighted by Crippen LogP contribution is -2.36. The van der Waals surface area contributed by atoms with Gasteiger partial charge in [0.25, 0.3) is 0 Å². The molecule has 4 heteroatoms. The molecule has 0 N–H and O–H groups in total. The van der Waals surface area contributed by atoms with Crippen molar-refractivity contribution < 1.29 is 14.2 Å². The molecule has 0 unspecified atom stereocenters. The molecule has 0 saturated heterocycles. The lowest BCUT2D eigenvalue weighted by Gasteiger charge is -2.37. The number of rotatable bonds is 6. The molecule has 0 aliphatic carbocycles. The van der Waals surface area contributed by atoms with Crippen LogP contribution in [0.2, 0.25) is 0 Å².